The molecule has 3 aromatic carbocycles. The van der Waals surface area contributed by atoms with Gasteiger partial charge in [-0.2, -0.15) is 0 Å². The maximum absolute atomic E-state index is 12.7. The van der Waals surface area contributed by atoms with E-state index < -0.39 is 0 Å². The van der Waals surface area contributed by atoms with Gasteiger partial charge in [-0.05, 0) is 30.3 Å². The quantitative estimate of drug-likeness (QED) is 0.467. The topological polar surface area (TPSA) is 61.4 Å². The average molecular weight is 456 g/mol. The highest BCUT2D eigenvalue weighted by molar-refractivity contribution is 6.39. The molecule has 0 saturated carbocycles. The van der Waals surface area contributed by atoms with E-state index >= 15 is 0 Å². The molecule has 7 heteroatoms. The molecule has 0 bridgehead atoms. The summed E-state index contributed by atoms with van der Waals surface area (Å²) in [5.74, 6) is -0.497. The summed E-state index contributed by atoms with van der Waals surface area (Å²) in [5.41, 5.74) is 3.04. The average Bonchev–Trinajstić information content (AvgIpc) is 2.77. The summed E-state index contributed by atoms with van der Waals surface area (Å²) in [6.45, 7) is 2.52. The standard InChI is InChI=1S/C24H23Cl2N3O2/c1-2-29(16-23(31)28-24-19(25)12-8-13-20(24)26)15-22(30)27-21-14-7-6-11-18(21)17-9-4-3-5-10-17/h3-14H,2,15-16H2,1H3,(H,27,30)(H,28,31). The van der Waals surface area contributed by atoms with Crippen molar-refractivity contribution < 1.29 is 9.59 Å². The van der Waals surface area contributed by atoms with Crippen LogP contribution in [0.2, 0.25) is 10.0 Å². The van der Waals surface area contributed by atoms with E-state index in [1.165, 1.54) is 0 Å². The molecule has 160 valence electrons. The first kappa shape index (κ1) is 22.8. The van der Waals surface area contributed by atoms with Gasteiger partial charge in [0.25, 0.3) is 0 Å². The Balaban J connectivity index is 1.63. The third-order valence-corrected chi connectivity index (χ3v) is 5.32. The van der Waals surface area contributed by atoms with Gasteiger partial charge in [0.2, 0.25) is 11.8 Å². The molecule has 0 aliphatic carbocycles. The van der Waals surface area contributed by atoms with Crippen LogP contribution >= 0.6 is 23.2 Å². The first-order valence-corrected chi connectivity index (χ1v) is 10.6. The number of benzene rings is 3. The molecule has 0 radical (unpaired) electrons. The Morgan fingerprint density at radius 2 is 1.35 bits per heavy atom. The Morgan fingerprint density at radius 3 is 2.00 bits per heavy atom. The van der Waals surface area contributed by atoms with Crippen molar-refractivity contribution in [1.29, 1.82) is 0 Å². The van der Waals surface area contributed by atoms with Crippen molar-refractivity contribution >= 4 is 46.4 Å². The highest BCUT2D eigenvalue weighted by Crippen LogP contribution is 2.30. The first-order valence-electron chi connectivity index (χ1n) is 9.88. The van der Waals surface area contributed by atoms with Gasteiger partial charge in [0, 0.05) is 11.3 Å². The highest BCUT2D eigenvalue weighted by Gasteiger charge is 2.16. The lowest BCUT2D eigenvalue weighted by Gasteiger charge is -2.20. The van der Waals surface area contributed by atoms with Crippen molar-refractivity contribution in [2.24, 2.45) is 0 Å². The lowest BCUT2D eigenvalue weighted by molar-refractivity contribution is -0.119. The summed E-state index contributed by atoms with van der Waals surface area (Å²) in [6.07, 6.45) is 0. The third-order valence-electron chi connectivity index (χ3n) is 4.69. The Labute approximate surface area is 192 Å². The van der Waals surface area contributed by atoms with Gasteiger partial charge < -0.3 is 10.6 Å². The number of hydrogen-bond donors (Lipinski definition) is 2. The van der Waals surface area contributed by atoms with Crippen LogP contribution in [0.15, 0.2) is 72.8 Å². The molecule has 0 aliphatic heterocycles. The van der Waals surface area contributed by atoms with Gasteiger partial charge in [-0.15, -0.1) is 0 Å². The lowest BCUT2D eigenvalue weighted by Crippen LogP contribution is -2.38. The van der Waals surface area contributed by atoms with E-state index in [9.17, 15) is 9.59 Å². The SMILES string of the molecule is CCN(CC(=O)Nc1ccccc1-c1ccccc1)CC(=O)Nc1c(Cl)cccc1Cl. The number of carbonyl (C=O) groups excluding carboxylic acids is 2. The Hall–Kier alpha value is -2.86. The van der Waals surface area contributed by atoms with Crippen molar-refractivity contribution in [3.8, 4) is 11.1 Å². The second-order valence-electron chi connectivity index (χ2n) is 6.91. The Bertz CT molecular complexity index is 1040. The zero-order valence-electron chi connectivity index (χ0n) is 17.1. The van der Waals surface area contributed by atoms with Crippen LogP contribution in [0.25, 0.3) is 11.1 Å². The van der Waals surface area contributed by atoms with Gasteiger partial charge in [-0.3, -0.25) is 14.5 Å². The van der Waals surface area contributed by atoms with Gasteiger partial charge in [0.05, 0.1) is 28.8 Å². The predicted molar refractivity (Wildman–Crippen MR) is 128 cm³/mol. The van der Waals surface area contributed by atoms with Crippen LogP contribution in [0.4, 0.5) is 11.4 Å². The largest absolute Gasteiger partial charge is 0.324 e. The van der Waals surface area contributed by atoms with Crippen molar-refractivity contribution in [1.82, 2.24) is 4.90 Å². The molecule has 31 heavy (non-hydrogen) atoms. The summed E-state index contributed by atoms with van der Waals surface area (Å²) in [7, 11) is 0. The number of amides is 2. The number of nitrogens with one attached hydrogen (secondary N) is 2. The van der Waals surface area contributed by atoms with E-state index in [0.29, 0.717) is 22.3 Å². The van der Waals surface area contributed by atoms with Crippen LogP contribution in [0, 0.1) is 0 Å². The maximum Gasteiger partial charge on any atom is 0.238 e. The third kappa shape index (κ3) is 6.31. The second-order valence-corrected chi connectivity index (χ2v) is 7.72. The van der Waals surface area contributed by atoms with Crippen LogP contribution in [-0.4, -0.2) is 36.3 Å². The number of hydrogen-bond acceptors (Lipinski definition) is 3. The monoisotopic (exact) mass is 455 g/mol. The molecule has 0 fully saturated rings. The minimum atomic E-state index is -0.297. The van der Waals surface area contributed by atoms with E-state index in [4.69, 9.17) is 23.2 Å². The molecule has 0 atom stereocenters. The first-order chi connectivity index (χ1) is 15.0. The fourth-order valence-electron chi connectivity index (χ4n) is 3.13. The van der Waals surface area contributed by atoms with Crippen LogP contribution in [0.1, 0.15) is 6.92 Å². The number of nitrogens with zero attached hydrogens (tertiary/aromatic N) is 1. The fourth-order valence-corrected chi connectivity index (χ4v) is 3.63. The van der Waals surface area contributed by atoms with Gasteiger partial charge in [0.1, 0.15) is 0 Å². The zero-order valence-corrected chi connectivity index (χ0v) is 18.6. The van der Waals surface area contributed by atoms with Crippen LogP contribution in [0.3, 0.4) is 0 Å². The molecular weight excluding hydrogens is 433 g/mol. The minimum Gasteiger partial charge on any atom is -0.324 e. The summed E-state index contributed by atoms with van der Waals surface area (Å²) in [4.78, 5) is 26.9. The molecule has 0 unspecified atom stereocenters. The molecular formula is C24H23Cl2N3O2. The van der Waals surface area contributed by atoms with E-state index in [1.807, 2.05) is 61.5 Å². The van der Waals surface area contributed by atoms with Gasteiger partial charge >= 0.3 is 0 Å². The molecule has 2 N–H and O–H groups in total. The number of para-hydroxylation sites is 2. The Morgan fingerprint density at radius 1 is 0.774 bits per heavy atom. The van der Waals surface area contributed by atoms with Crippen molar-refractivity contribution in [3.05, 3.63) is 82.8 Å². The van der Waals surface area contributed by atoms with E-state index in [0.717, 1.165) is 16.8 Å². The van der Waals surface area contributed by atoms with Crippen molar-refractivity contribution in [2.75, 3.05) is 30.3 Å². The number of rotatable bonds is 8. The smallest absolute Gasteiger partial charge is 0.238 e. The van der Waals surface area contributed by atoms with Crippen molar-refractivity contribution in [2.45, 2.75) is 6.92 Å². The van der Waals surface area contributed by atoms with Crippen LogP contribution in [-0.2, 0) is 9.59 Å². The molecule has 0 spiro atoms. The normalized spacial score (nSPS) is 10.7. The molecule has 3 aromatic rings. The van der Waals surface area contributed by atoms with Crippen LogP contribution in [0.5, 0.6) is 0 Å². The maximum atomic E-state index is 12.7. The van der Waals surface area contributed by atoms with E-state index in [-0.39, 0.29) is 24.9 Å². The zero-order chi connectivity index (χ0) is 22.2. The molecule has 3 rings (SSSR count). The number of carbonyl (C=O) groups is 2. The molecule has 2 amide bonds. The van der Waals surface area contributed by atoms with Crippen LogP contribution < -0.4 is 10.6 Å². The number of halogens is 2. The predicted octanol–water partition coefficient (Wildman–Crippen LogP) is 5.56. The Kier molecular flexibility index (Phi) is 8.06. The number of likely N-dealkylation sites (N-methyl/N-ethyl adjacent to an activating group) is 1. The lowest BCUT2D eigenvalue weighted by atomic mass is 10.0. The molecule has 5 nitrogen and oxygen atoms in total. The van der Waals surface area contributed by atoms with E-state index in [2.05, 4.69) is 10.6 Å². The highest BCUT2D eigenvalue weighted by atomic mass is 35.5. The summed E-state index contributed by atoms with van der Waals surface area (Å²) < 4.78 is 0. The minimum absolute atomic E-state index is 0.0335. The summed E-state index contributed by atoms with van der Waals surface area (Å²) in [5, 5.41) is 6.40. The van der Waals surface area contributed by atoms with Gasteiger partial charge in [-0.1, -0.05) is 84.7 Å². The van der Waals surface area contributed by atoms with Gasteiger partial charge in [0.15, 0.2) is 0 Å². The molecule has 0 aromatic heterocycles. The number of anilines is 2. The van der Waals surface area contributed by atoms with E-state index in [1.54, 1.807) is 23.1 Å². The van der Waals surface area contributed by atoms with Crippen molar-refractivity contribution in [3.63, 3.8) is 0 Å². The molecule has 0 heterocycles. The summed E-state index contributed by atoms with van der Waals surface area (Å²) >= 11 is 12.2. The van der Waals surface area contributed by atoms with Gasteiger partial charge in [-0.25, -0.2) is 0 Å². The molecule has 0 saturated heterocycles. The molecule has 0 aliphatic rings. The summed E-state index contributed by atoms with van der Waals surface area (Å²) in [6, 6.07) is 22.5. The fraction of sp³-hybridized carbons (Fsp3) is 0.167. The second kappa shape index (κ2) is 11.0.